The van der Waals surface area contributed by atoms with Crippen molar-refractivity contribution < 1.29 is 4.79 Å². The summed E-state index contributed by atoms with van der Waals surface area (Å²) in [6, 6.07) is -0.0198. The highest BCUT2D eigenvalue weighted by molar-refractivity contribution is 5.82. The van der Waals surface area contributed by atoms with Crippen LogP contribution >= 0.6 is 0 Å². The van der Waals surface area contributed by atoms with Crippen LogP contribution in [0, 0.1) is 18.3 Å². The average molecular weight is 236 g/mol. The highest BCUT2D eigenvalue weighted by Crippen LogP contribution is 2.20. The zero-order valence-electron chi connectivity index (χ0n) is 11.0. The molecule has 3 heteroatoms. The monoisotopic (exact) mass is 236 g/mol. The molecule has 1 aliphatic heterocycles. The molecule has 3 nitrogen and oxygen atoms in total. The average Bonchev–Trinajstić information content (AvgIpc) is 2.38. The molecule has 1 heterocycles. The molecule has 1 fully saturated rings. The Kier molecular flexibility index (Phi) is 6.07. The van der Waals surface area contributed by atoms with Gasteiger partial charge in [-0.05, 0) is 31.7 Å². The van der Waals surface area contributed by atoms with Crippen LogP contribution in [0.1, 0.15) is 39.5 Å². The summed E-state index contributed by atoms with van der Waals surface area (Å²) in [5.41, 5.74) is 0. The van der Waals surface area contributed by atoms with Gasteiger partial charge in [-0.2, -0.15) is 0 Å². The molecular formula is C14H24N2O. The van der Waals surface area contributed by atoms with Gasteiger partial charge in [0.25, 0.3) is 0 Å². The largest absolute Gasteiger partial charge is 0.330 e. The number of terminal acetylenes is 1. The van der Waals surface area contributed by atoms with E-state index < -0.39 is 0 Å². The maximum absolute atomic E-state index is 12.3. The number of hydrogen-bond acceptors (Lipinski definition) is 2. The first-order valence-electron chi connectivity index (χ1n) is 6.68. The second kappa shape index (κ2) is 7.34. The third-order valence-corrected chi connectivity index (χ3v) is 3.48. The molecule has 1 N–H and O–H groups in total. The van der Waals surface area contributed by atoms with E-state index in [4.69, 9.17) is 6.42 Å². The van der Waals surface area contributed by atoms with Crippen LogP contribution < -0.4 is 5.32 Å². The van der Waals surface area contributed by atoms with E-state index in [-0.39, 0.29) is 11.9 Å². The van der Waals surface area contributed by atoms with Crippen LogP contribution in [0.2, 0.25) is 0 Å². The maximum atomic E-state index is 12.3. The van der Waals surface area contributed by atoms with Crippen LogP contribution in [-0.2, 0) is 4.79 Å². The van der Waals surface area contributed by atoms with E-state index in [2.05, 4.69) is 25.1 Å². The first-order valence-corrected chi connectivity index (χ1v) is 6.68. The first kappa shape index (κ1) is 14.1. The van der Waals surface area contributed by atoms with Crippen LogP contribution in [0.4, 0.5) is 0 Å². The maximum Gasteiger partial charge on any atom is 0.240 e. The molecule has 0 aliphatic carbocycles. The van der Waals surface area contributed by atoms with Gasteiger partial charge in [0.1, 0.15) is 0 Å². The number of carbonyl (C=O) groups is 1. The predicted molar refractivity (Wildman–Crippen MR) is 70.5 cm³/mol. The summed E-state index contributed by atoms with van der Waals surface area (Å²) < 4.78 is 0. The van der Waals surface area contributed by atoms with Crippen LogP contribution in [0.15, 0.2) is 0 Å². The van der Waals surface area contributed by atoms with Gasteiger partial charge in [0.05, 0.1) is 12.6 Å². The normalized spacial score (nSPS) is 24.1. The van der Waals surface area contributed by atoms with E-state index in [1.54, 1.807) is 4.90 Å². The van der Waals surface area contributed by atoms with Crippen molar-refractivity contribution in [3.05, 3.63) is 0 Å². The van der Waals surface area contributed by atoms with Gasteiger partial charge in [-0.15, -0.1) is 6.42 Å². The predicted octanol–water partition coefficient (Wildman–Crippen LogP) is 1.64. The lowest BCUT2D eigenvalue weighted by Gasteiger charge is -2.32. The highest BCUT2D eigenvalue weighted by Gasteiger charge is 2.28. The third kappa shape index (κ3) is 4.05. The van der Waals surface area contributed by atoms with E-state index in [1.165, 1.54) is 6.42 Å². The van der Waals surface area contributed by atoms with Crippen molar-refractivity contribution in [3.63, 3.8) is 0 Å². The van der Waals surface area contributed by atoms with Crippen LogP contribution in [0.5, 0.6) is 0 Å². The second-order valence-electron chi connectivity index (χ2n) is 4.77. The van der Waals surface area contributed by atoms with Crippen molar-refractivity contribution in [3.8, 4) is 12.3 Å². The van der Waals surface area contributed by atoms with Crippen molar-refractivity contribution in [1.82, 2.24) is 10.2 Å². The quantitative estimate of drug-likeness (QED) is 0.736. The van der Waals surface area contributed by atoms with E-state index in [0.29, 0.717) is 12.5 Å². The highest BCUT2D eigenvalue weighted by atomic mass is 16.2. The number of hydrogen-bond donors (Lipinski definition) is 1. The Morgan fingerprint density at radius 3 is 2.88 bits per heavy atom. The van der Waals surface area contributed by atoms with Crippen molar-refractivity contribution in [1.29, 1.82) is 0 Å². The van der Waals surface area contributed by atoms with E-state index in [1.807, 2.05) is 0 Å². The Bertz CT molecular complexity index is 282. The standard InChI is InChI=1S/C14H24N2O/c1-4-9-16(10-5-2)14(17)13-11-12(6-3)7-8-15-13/h1,12-13,15H,5-11H2,2-3H3. The topological polar surface area (TPSA) is 32.3 Å². The van der Waals surface area contributed by atoms with Gasteiger partial charge in [0.15, 0.2) is 0 Å². The molecule has 17 heavy (non-hydrogen) atoms. The molecular weight excluding hydrogens is 212 g/mol. The van der Waals surface area contributed by atoms with E-state index in [9.17, 15) is 4.79 Å². The van der Waals surface area contributed by atoms with Crippen LogP contribution in [0.3, 0.4) is 0 Å². The van der Waals surface area contributed by atoms with E-state index in [0.717, 1.165) is 32.4 Å². The molecule has 96 valence electrons. The van der Waals surface area contributed by atoms with Gasteiger partial charge in [0, 0.05) is 6.54 Å². The number of rotatable bonds is 5. The fourth-order valence-corrected chi connectivity index (χ4v) is 2.42. The lowest BCUT2D eigenvalue weighted by atomic mass is 9.90. The van der Waals surface area contributed by atoms with Gasteiger partial charge >= 0.3 is 0 Å². The van der Waals surface area contributed by atoms with Crippen LogP contribution in [-0.4, -0.2) is 36.5 Å². The third-order valence-electron chi connectivity index (χ3n) is 3.48. The Balaban J connectivity index is 2.57. The summed E-state index contributed by atoms with van der Waals surface area (Å²) in [6.07, 6.45) is 9.58. The fourth-order valence-electron chi connectivity index (χ4n) is 2.42. The molecule has 2 unspecified atom stereocenters. The lowest BCUT2D eigenvalue weighted by Crippen LogP contribution is -2.50. The molecule has 0 saturated carbocycles. The van der Waals surface area contributed by atoms with Gasteiger partial charge in [-0.3, -0.25) is 4.79 Å². The van der Waals surface area contributed by atoms with Crippen molar-refractivity contribution in [2.45, 2.75) is 45.6 Å². The molecule has 2 atom stereocenters. The summed E-state index contributed by atoms with van der Waals surface area (Å²) in [4.78, 5) is 14.1. The zero-order chi connectivity index (χ0) is 12.7. The minimum atomic E-state index is -0.0198. The molecule has 0 aromatic heterocycles. The van der Waals surface area contributed by atoms with Gasteiger partial charge in [-0.25, -0.2) is 0 Å². The lowest BCUT2D eigenvalue weighted by molar-refractivity contribution is -0.133. The molecule has 0 spiro atoms. The molecule has 0 radical (unpaired) electrons. The summed E-state index contributed by atoms with van der Waals surface area (Å²) in [7, 11) is 0. The first-order chi connectivity index (χ1) is 8.22. The summed E-state index contributed by atoms with van der Waals surface area (Å²) in [5.74, 6) is 3.44. The van der Waals surface area contributed by atoms with Crippen LogP contribution in [0.25, 0.3) is 0 Å². The fraction of sp³-hybridized carbons (Fsp3) is 0.786. The molecule has 1 amide bonds. The molecule has 0 aromatic rings. The molecule has 1 aliphatic rings. The number of nitrogens with one attached hydrogen (secondary N) is 1. The Hall–Kier alpha value is -1.01. The Morgan fingerprint density at radius 1 is 1.53 bits per heavy atom. The number of nitrogens with zero attached hydrogens (tertiary/aromatic N) is 1. The minimum Gasteiger partial charge on any atom is -0.330 e. The summed E-state index contributed by atoms with van der Waals surface area (Å²) >= 11 is 0. The van der Waals surface area contributed by atoms with Gasteiger partial charge in [-0.1, -0.05) is 26.2 Å². The van der Waals surface area contributed by atoms with Gasteiger partial charge < -0.3 is 10.2 Å². The molecule has 0 aromatic carbocycles. The van der Waals surface area contributed by atoms with Crippen molar-refractivity contribution in [2.24, 2.45) is 5.92 Å². The minimum absolute atomic E-state index is 0.0198. The van der Waals surface area contributed by atoms with Crippen molar-refractivity contribution in [2.75, 3.05) is 19.6 Å². The summed E-state index contributed by atoms with van der Waals surface area (Å²) in [5, 5.41) is 3.32. The second-order valence-corrected chi connectivity index (χ2v) is 4.77. The molecule has 1 saturated heterocycles. The molecule has 0 bridgehead atoms. The Morgan fingerprint density at radius 2 is 2.29 bits per heavy atom. The number of piperidine rings is 1. The number of amides is 1. The van der Waals surface area contributed by atoms with Crippen molar-refractivity contribution >= 4 is 5.91 Å². The van der Waals surface area contributed by atoms with E-state index >= 15 is 0 Å². The summed E-state index contributed by atoms with van der Waals surface area (Å²) in [6.45, 7) is 6.41. The SMILES string of the molecule is C#CCN(CCC)C(=O)C1CC(CC)CCN1. The molecule has 1 rings (SSSR count). The smallest absolute Gasteiger partial charge is 0.240 e. The van der Waals surface area contributed by atoms with Gasteiger partial charge in [0.2, 0.25) is 5.91 Å². The number of carbonyl (C=O) groups excluding carboxylic acids is 1. The zero-order valence-corrected chi connectivity index (χ0v) is 11.0. The Labute approximate surface area is 105 Å².